The number of hydrogen-bond acceptors (Lipinski definition) is 2. The summed E-state index contributed by atoms with van der Waals surface area (Å²) in [6.07, 6.45) is 0.638. The quantitative estimate of drug-likeness (QED) is 0.609. The molecule has 0 fully saturated rings. The molecule has 2 nitrogen and oxygen atoms in total. The van der Waals surface area contributed by atoms with Crippen LogP contribution in [0.15, 0.2) is 48.5 Å². The van der Waals surface area contributed by atoms with Crippen LogP contribution in [0.3, 0.4) is 0 Å². The highest BCUT2D eigenvalue weighted by molar-refractivity contribution is 5.98. The van der Waals surface area contributed by atoms with Crippen molar-refractivity contribution in [1.29, 1.82) is 0 Å². The fourth-order valence-electron chi connectivity index (χ4n) is 3.05. The maximum Gasteiger partial charge on any atom is 0.165 e. The number of benzene rings is 2. The normalized spacial score (nSPS) is 12.9. The van der Waals surface area contributed by atoms with Crippen molar-refractivity contribution < 1.29 is 9.59 Å². The third-order valence-corrected chi connectivity index (χ3v) is 4.76. The summed E-state index contributed by atoms with van der Waals surface area (Å²) < 4.78 is 0. The van der Waals surface area contributed by atoms with Crippen molar-refractivity contribution in [2.45, 2.75) is 53.4 Å². The minimum absolute atomic E-state index is 0.0226. The van der Waals surface area contributed by atoms with E-state index in [1.165, 1.54) is 5.56 Å². The van der Waals surface area contributed by atoms with Crippen LogP contribution in [0.2, 0.25) is 0 Å². The predicted octanol–water partition coefficient (Wildman–Crippen LogP) is 5.88. The summed E-state index contributed by atoms with van der Waals surface area (Å²) in [5.74, 6) is 0.139. The van der Waals surface area contributed by atoms with Crippen LogP contribution >= 0.6 is 0 Å². The van der Waals surface area contributed by atoms with Gasteiger partial charge in [0.2, 0.25) is 0 Å². The van der Waals surface area contributed by atoms with Crippen molar-refractivity contribution in [1.82, 2.24) is 0 Å². The van der Waals surface area contributed by atoms with Gasteiger partial charge in [0.1, 0.15) is 0 Å². The first-order valence-corrected chi connectivity index (χ1v) is 9.37. The van der Waals surface area contributed by atoms with E-state index in [4.69, 9.17) is 0 Å². The first kappa shape index (κ1) is 20.1. The molecule has 1 unspecified atom stereocenters. The van der Waals surface area contributed by atoms with Gasteiger partial charge in [-0.3, -0.25) is 9.59 Å². The third-order valence-electron chi connectivity index (χ3n) is 4.76. The average molecular weight is 351 g/mol. The van der Waals surface area contributed by atoms with E-state index in [1.54, 1.807) is 0 Å². The minimum Gasteiger partial charge on any atom is -0.294 e. The first-order chi connectivity index (χ1) is 12.1. The van der Waals surface area contributed by atoms with E-state index in [1.807, 2.05) is 69.3 Å². The van der Waals surface area contributed by atoms with Crippen LogP contribution in [-0.4, -0.2) is 11.6 Å². The van der Waals surface area contributed by atoms with Crippen molar-refractivity contribution in [3.05, 3.63) is 70.8 Å². The summed E-state index contributed by atoms with van der Waals surface area (Å²) in [5, 5.41) is 0. The Bertz CT molecular complexity index is 777. The van der Waals surface area contributed by atoms with Crippen LogP contribution in [0.1, 0.15) is 73.4 Å². The Kier molecular flexibility index (Phi) is 6.17. The van der Waals surface area contributed by atoms with Crippen LogP contribution in [0.25, 0.3) is 0 Å². The second-order valence-electron chi connectivity index (χ2n) is 8.52. The Balaban J connectivity index is 2.12. The van der Waals surface area contributed by atoms with Crippen LogP contribution < -0.4 is 0 Å². The fraction of sp³-hybridized carbons (Fsp3) is 0.417. The molecule has 2 heteroatoms. The van der Waals surface area contributed by atoms with Gasteiger partial charge in [-0.1, -0.05) is 84.0 Å². The number of hydrogen-bond donors (Lipinski definition) is 0. The molecule has 0 radical (unpaired) electrons. The largest absolute Gasteiger partial charge is 0.294 e. The van der Waals surface area contributed by atoms with Gasteiger partial charge in [0.05, 0.1) is 0 Å². The summed E-state index contributed by atoms with van der Waals surface area (Å²) in [6, 6.07) is 15.6. The summed E-state index contributed by atoms with van der Waals surface area (Å²) in [5.41, 5.74) is 3.81. The third kappa shape index (κ3) is 4.91. The molecule has 0 N–H and O–H groups in total. The number of carbonyl (C=O) groups is 2. The molecule has 1 atom stereocenters. The SMILES string of the molecule is CC(C)C(=O)c1cccc(CC(C)C(=O)c2ccc(C(C)(C)C)cc2)c1. The molecule has 2 rings (SSSR count). The molecular weight excluding hydrogens is 320 g/mol. The fourth-order valence-corrected chi connectivity index (χ4v) is 3.05. The molecule has 26 heavy (non-hydrogen) atoms. The Morgan fingerprint density at radius 1 is 0.846 bits per heavy atom. The molecule has 0 saturated carbocycles. The lowest BCUT2D eigenvalue weighted by atomic mass is 9.85. The van der Waals surface area contributed by atoms with E-state index in [0.29, 0.717) is 6.42 Å². The maximum atomic E-state index is 12.8. The van der Waals surface area contributed by atoms with E-state index in [-0.39, 0.29) is 28.8 Å². The van der Waals surface area contributed by atoms with Crippen LogP contribution in [-0.2, 0) is 11.8 Å². The molecule has 2 aromatic carbocycles. The Labute approximate surface area is 157 Å². The van der Waals surface area contributed by atoms with E-state index >= 15 is 0 Å². The van der Waals surface area contributed by atoms with Crippen LogP contribution in [0.4, 0.5) is 0 Å². The van der Waals surface area contributed by atoms with Gasteiger partial charge >= 0.3 is 0 Å². The van der Waals surface area contributed by atoms with Gasteiger partial charge in [-0.15, -0.1) is 0 Å². The number of rotatable bonds is 6. The topological polar surface area (TPSA) is 34.1 Å². The first-order valence-electron chi connectivity index (χ1n) is 9.37. The number of Topliss-reactive ketones (excluding diaryl/α,β-unsaturated/α-hetero) is 2. The molecule has 0 saturated heterocycles. The van der Waals surface area contributed by atoms with Gasteiger partial charge in [-0.2, -0.15) is 0 Å². The zero-order valence-corrected chi connectivity index (χ0v) is 16.8. The van der Waals surface area contributed by atoms with Gasteiger partial charge < -0.3 is 0 Å². The minimum atomic E-state index is -0.125. The number of carbonyl (C=O) groups excluding carboxylic acids is 2. The zero-order valence-electron chi connectivity index (χ0n) is 16.8. The monoisotopic (exact) mass is 350 g/mol. The Morgan fingerprint density at radius 3 is 2.00 bits per heavy atom. The highest BCUT2D eigenvalue weighted by atomic mass is 16.1. The molecular formula is C24H30O2. The standard InChI is InChI=1S/C24H30O2/c1-16(2)22(25)20-9-7-8-18(15-20)14-17(3)23(26)19-10-12-21(13-11-19)24(4,5)6/h7-13,15-17H,14H2,1-6H3. The zero-order chi connectivity index (χ0) is 19.5. The van der Waals surface area contributed by atoms with Crippen molar-refractivity contribution in [2.75, 3.05) is 0 Å². The lowest BCUT2D eigenvalue weighted by molar-refractivity contribution is 0.0927. The van der Waals surface area contributed by atoms with Gasteiger partial charge in [0, 0.05) is 23.0 Å². The molecule has 138 valence electrons. The second kappa shape index (κ2) is 7.99. The summed E-state index contributed by atoms with van der Waals surface area (Å²) in [4.78, 5) is 25.0. The molecule has 0 amide bonds. The highest BCUT2D eigenvalue weighted by Gasteiger charge is 2.19. The predicted molar refractivity (Wildman–Crippen MR) is 108 cm³/mol. The van der Waals surface area contributed by atoms with Crippen LogP contribution in [0, 0.1) is 11.8 Å². The van der Waals surface area contributed by atoms with Gasteiger partial charge in [0.15, 0.2) is 11.6 Å². The van der Waals surface area contributed by atoms with Gasteiger partial charge in [-0.25, -0.2) is 0 Å². The summed E-state index contributed by atoms with van der Waals surface area (Å²) in [7, 11) is 0. The van der Waals surface area contributed by atoms with Crippen molar-refractivity contribution in [3.63, 3.8) is 0 Å². The van der Waals surface area contributed by atoms with Crippen molar-refractivity contribution in [3.8, 4) is 0 Å². The molecule has 0 aliphatic rings. The Morgan fingerprint density at radius 2 is 1.46 bits per heavy atom. The molecule has 0 spiro atoms. The molecule has 0 heterocycles. The van der Waals surface area contributed by atoms with E-state index in [2.05, 4.69) is 20.8 Å². The van der Waals surface area contributed by atoms with E-state index in [0.717, 1.165) is 16.7 Å². The van der Waals surface area contributed by atoms with Crippen LogP contribution in [0.5, 0.6) is 0 Å². The van der Waals surface area contributed by atoms with Gasteiger partial charge in [-0.05, 0) is 29.0 Å². The Hall–Kier alpha value is -2.22. The maximum absolute atomic E-state index is 12.8. The average Bonchev–Trinajstić information content (AvgIpc) is 2.59. The highest BCUT2D eigenvalue weighted by Crippen LogP contribution is 2.23. The van der Waals surface area contributed by atoms with Crippen molar-refractivity contribution in [2.24, 2.45) is 11.8 Å². The summed E-state index contributed by atoms with van der Waals surface area (Å²) >= 11 is 0. The summed E-state index contributed by atoms with van der Waals surface area (Å²) in [6.45, 7) is 12.3. The lowest BCUT2D eigenvalue weighted by Crippen LogP contribution is -2.16. The molecule has 0 aromatic heterocycles. The van der Waals surface area contributed by atoms with E-state index in [9.17, 15) is 9.59 Å². The molecule has 0 aliphatic carbocycles. The van der Waals surface area contributed by atoms with Crippen molar-refractivity contribution >= 4 is 11.6 Å². The molecule has 0 bridgehead atoms. The van der Waals surface area contributed by atoms with E-state index < -0.39 is 0 Å². The molecule has 2 aromatic rings. The number of ketones is 2. The smallest absolute Gasteiger partial charge is 0.165 e. The second-order valence-corrected chi connectivity index (χ2v) is 8.52. The molecule has 0 aliphatic heterocycles. The van der Waals surface area contributed by atoms with Gasteiger partial charge in [0.25, 0.3) is 0 Å². The lowest BCUT2D eigenvalue weighted by Gasteiger charge is -2.19.